The topological polar surface area (TPSA) is 51.2 Å². The third kappa shape index (κ3) is 5.79. The van der Waals surface area contributed by atoms with Crippen LogP contribution >= 0.6 is 0 Å². The molecule has 158 valence electrons. The monoisotopic (exact) mass is 416 g/mol. The first kappa shape index (κ1) is 21.8. The van der Waals surface area contributed by atoms with Gasteiger partial charge in [0.25, 0.3) is 0 Å². The molecule has 1 aromatic heterocycles. The first-order valence-corrected chi connectivity index (χ1v) is 9.57. The number of aromatic nitrogens is 1. The van der Waals surface area contributed by atoms with Crippen molar-refractivity contribution in [2.24, 2.45) is 0 Å². The highest BCUT2D eigenvalue weighted by molar-refractivity contribution is 5.86. The van der Waals surface area contributed by atoms with Crippen molar-refractivity contribution in [2.75, 3.05) is 6.61 Å². The SMILES string of the molecule is Cc1nc2ccccc2c(C)c1CC(=O)NCc1ccc(COCC(F)(F)F)cc1. The normalized spacial score (nSPS) is 11.6. The summed E-state index contributed by atoms with van der Waals surface area (Å²) in [5.41, 5.74) is 5.22. The van der Waals surface area contributed by atoms with E-state index in [1.54, 1.807) is 24.3 Å². The number of aryl methyl sites for hydroxylation is 2. The predicted octanol–water partition coefficient (Wildman–Crippen LogP) is 4.79. The molecule has 1 heterocycles. The van der Waals surface area contributed by atoms with Crippen molar-refractivity contribution in [1.82, 2.24) is 10.3 Å². The second-order valence-electron chi connectivity index (χ2n) is 7.20. The Labute approximate surface area is 173 Å². The van der Waals surface area contributed by atoms with Crippen molar-refractivity contribution in [3.63, 3.8) is 0 Å². The second kappa shape index (κ2) is 9.26. The Morgan fingerprint density at radius 1 is 1.03 bits per heavy atom. The molecular formula is C23H23F3N2O2. The van der Waals surface area contributed by atoms with Crippen LogP contribution in [0.15, 0.2) is 48.5 Å². The molecule has 4 nitrogen and oxygen atoms in total. The summed E-state index contributed by atoms with van der Waals surface area (Å²) in [7, 11) is 0. The minimum absolute atomic E-state index is 0.111. The fourth-order valence-corrected chi connectivity index (χ4v) is 3.29. The van der Waals surface area contributed by atoms with Gasteiger partial charge in [-0.25, -0.2) is 0 Å². The maximum Gasteiger partial charge on any atom is 0.411 e. The van der Waals surface area contributed by atoms with E-state index in [2.05, 4.69) is 15.0 Å². The Balaban J connectivity index is 1.55. The molecule has 30 heavy (non-hydrogen) atoms. The molecule has 0 bridgehead atoms. The van der Waals surface area contributed by atoms with Crippen molar-refractivity contribution in [2.45, 2.75) is 39.6 Å². The van der Waals surface area contributed by atoms with Gasteiger partial charge in [-0.05, 0) is 42.2 Å². The van der Waals surface area contributed by atoms with E-state index in [1.165, 1.54) is 0 Å². The van der Waals surface area contributed by atoms with E-state index in [4.69, 9.17) is 0 Å². The van der Waals surface area contributed by atoms with E-state index < -0.39 is 12.8 Å². The number of carbonyl (C=O) groups is 1. The van der Waals surface area contributed by atoms with Crippen molar-refractivity contribution in [3.05, 3.63) is 76.5 Å². The van der Waals surface area contributed by atoms with Crippen molar-refractivity contribution in [1.29, 1.82) is 0 Å². The van der Waals surface area contributed by atoms with Crippen LogP contribution in [0.1, 0.15) is 27.9 Å². The first-order chi connectivity index (χ1) is 14.2. The zero-order chi connectivity index (χ0) is 21.7. The summed E-state index contributed by atoms with van der Waals surface area (Å²) >= 11 is 0. The molecule has 0 saturated heterocycles. The Morgan fingerprint density at radius 3 is 2.40 bits per heavy atom. The molecule has 7 heteroatoms. The molecule has 3 aromatic rings. The molecule has 0 saturated carbocycles. The van der Waals surface area contributed by atoms with Gasteiger partial charge in [-0.2, -0.15) is 13.2 Å². The molecule has 0 aliphatic heterocycles. The molecule has 0 aliphatic rings. The summed E-state index contributed by atoms with van der Waals surface area (Å²) in [4.78, 5) is 17.1. The summed E-state index contributed by atoms with van der Waals surface area (Å²) in [5, 5.41) is 3.92. The highest BCUT2D eigenvalue weighted by Gasteiger charge is 2.27. The van der Waals surface area contributed by atoms with Gasteiger partial charge in [0.1, 0.15) is 6.61 Å². The number of alkyl halides is 3. The molecule has 0 spiro atoms. The molecule has 1 N–H and O–H groups in total. The molecule has 3 rings (SSSR count). The fraction of sp³-hybridized carbons (Fsp3) is 0.304. The number of nitrogens with zero attached hydrogens (tertiary/aromatic N) is 1. The predicted molar refractivity (Wildman–Crippen MR) is 109 cm³/mol. The second-order valence-corrected chi connectivity index (χ2v) is 7.20. The minimum atomic E-state index is -4.33. The summed E-state index contributed by atoms with van der Waals surface area (Å²) < 4.78 is 41.0. The lowest BCUT2D eigenvalue weighted by atomic mass is 9.99. The number of rotatable bonds is 7. The van der Waals surface area contributed by atoms with E-state index in [0.717, 1.165) is 33.3 Å². The number of carbonyl (C=O) groups excluding carboxylic acids is 1. The molecule has 0 fully saturated rings. The van der Waals surface area contributed by atoms with E-state index >= 15 is 0 Å². The number of nitrogens with one attached hydrogen (secondary N) is 1. The lowest BCUT2D eigenvalue weighted by molar-refractivity contribution is -0.176. The highest BCUT2D eigenvalue weighted by atomic mass is 19.4. The standard InChI is InChI=1S/C23H23F3N2O2/c1-15-19-5-3-4-6-21(19)28-16(2)20(15)11-22(29)27-12-17-7-9-18(10-8-17)13-30-14-23(24,25)26/h3-10H,11-14H2,1-2H3,(H,27,29). The number of hydrogen-bond donors (Lipinski definition) is 1. The number of halogens is 3. The van der Waals surface area contributed by atoms with Gasteiger partial charge >= 0.3 is 6.18 Å². The third-order valence-electron chi connectivity index (χ3n) is 4.87. The van der Waals surface area contributed by atoms with Crippen molar-refractivity contribution < 1.29 is 22.7 Å². The average molecular weight is 416 g/mol. The number of para-hydroxylation sites is 1. The summed E-state index contributed by atoms with van der Waals surface area (Å²) in [6, 6.07) is 14.8. The van der Waals surface area contributed by atoms with Crippen LogP contribution in [0.4, 0.5) is 13.2 Å². The van der Waals surface area contributed by atoms with Gasteiger partial charge in [0.05, 0.1) is 18.5 Å². The van der Waals surface area contributed by atoms with Gasteiger partial charge in [-0.3, -0.25) is 9.78 Å². The van der Waals surface area contributed by atoms with Crippen LogP contribution < -0.4 is 5.32 Å². The largest absolute Gasteiger partial charge is 0.411 e. The molecule has 0 atom stereocenters. The molecular weight excluding hydrogens is 393 g/mol. The number of ether oxygens (including phenoxy) is 1. The van der Waals surface area contributed by atoms with Crippen LogP contribution in [-0.2, 0) is 29.1 Å². The third-order valence-corrected chi connectivity index (χ3v) is 4.87. The van der Waals surface area contributed by atoms with Crippen molar-refractivity contribution >= 4 is 16.8 Å². The maximum atomic E-state index is 12.5. The molecule has 1 amide bonds. The van der Waals surface area contributed by atoms with Gasteiger partial charge in [-0.1, -0.05) is 42.5 Å². The lowest BCUT2D eigenvalue weighted by Gasteiger charge is -2.13. The Kier molecular flexibility index (Phi) is 6.72. The van der Waals surface area contributed by atoms with Crippen LogP contribution in [0.3, 0.4) is 0 Å². The minimum Gasteiger partial charge on any atom is -0.367 e. The Hall–Kier alpha value is -2.93. The van der Waals surface area contributed by atoms with E-state index in [0.29, 0.717) is 12.1 Å². The fourth-order valence-electron chi connectivity index (χ4n) is 3.29. The summed E-state index contributed by atoms with van der Waals surface area (Å²) in [6.07, 6.45) is -4.10. The smallest absolute Gasteiger partial charge is 0.367 e. The van der Waals surface area contributed by atoms with E-state index in [-0.39, 0.29) is 18.9 Å². The average Bonchev–Trinajstić information content (AvgIpc) is 2.69. The Bertz CT molecular complexity index is 1030. The van der Waals surface area contributed by atoms with E-state index in [1.807, 2.05) is 38.1 Å². The zero-order valence-corrected chi connectivity index (χ0v) is 16.8. The Morgan fingerprint density at radius 2 is 1.70 bits per heavy atom. The quantitative estimate of drug-likeness (QED) is 0.603. The maximum absolute atomic E-state index is 12.5. The van der Waals surface area contributed by atoms with Gasteiger partial charge in [0.2, 0.25) is 5.91 Å². The van der Waals surface area contributed by atoms with Gasteiger partial charge in [0, 0.05) is 17.6 Å². The lowest BCUT2D eigenvalue weighted by Crippen LogP contribution is -2.25. The summed E-state index contributed by atoms with van der Waals surface area (Å²) in [5.74, 6) is -0.115. The molecule has 0 radical (unpaired) electrons. The van der Waals surface area contributed by atoms with Gasteiger partial charge in [0.15, 0.2) is 0 Å². The zero-order valence-electron chi connectivity index (χ0n) is 16.8. The molecule has 0 aliphatic carbocycles. The van der Waals surface area contributed by atoms with Gasteiger partial charge in [-0.15, -0.1) is 0 Å². The number of amides is 1. The van der Waals surface area contributed by atoms with Crippen LogP contribution in [0.5, 0.6) is 0 Å². The van der Waals surface area contributed by atoms with E-state index in [9.17, 15) is 18.0 Å². The number of hydrogen-bond acceptors (Lipinski definition) is 3. The number of pyridine rings is 1. The van der Waals surface area contributed by atoms with Crippen LogP contribution in [0, 0.1) is 13.8 Å². The van der Waals surface area contributed by atoms with Crippen LogP contribution in [-0.4, -0.2) is 23.7 Å². The van der Waals surface area contributed by atoms with Gasteiger partial charge < -0.3 is 10.1 Å². The summed E-state index contributed by atoms with van der Waals surface area (Å²) in [6.45, 7) is 2.86. The molecule has 0 unspecified atom stereocenters. The number of benzene rings is 2. The van der Waals surface area contributed by atoms with Crippen LogP contribution in [0.2, 0.25) is 0 Å². The first-order valence-electron chi connectivity index (χ1n) is 9.57. The highest BCUT2D eigenvalue weighted by Crippen LogP contribution is 2.23. The van der Waals surface area contributed by atoms with Crippen LogP contribution in [0.25, 0.3) is 10.9 Å². The van der Waals surface area contributed by atoms with Crippen molar-refractivity contribution in [3.8, 4) is 0 Å². The number of fused-ring (bicyclic) bond motifs is 1. The molecule has 2 aromatic carbocycles.